The number of hydrogen-bond donors (Lipinski definition) is 1. The molecule has 0 spiro atoms. The second-order valence-corrected chi connectivity index (χ2v) is 7.03. The molecule has 118 valence electrons. The van der Waals surface area contributed by atoms with Crippen LogP contribution in [-0.2, 0) is 0 Å². The summed E-state index contributed by atoms with van der Waals surface area (Å²) in [6.07, 6.45) is 7.65. The van der Waals surface area contributed by atoms with Gasteiger partial charge in [-0.1, -0.05) is 25.4 Å². The van der Waals surface area contributed by atoms with Gasteiger partial charge >= 0.3 is 0 Å². The summed E-state index contributed by atoms with van der Waals surface area (Å²) in [5.74, 6) is 4.46. The summed E-state index contributed by atoms with van der Waals surface area (Å²) in [6.45, 7) is 7.67. The molecule has 0 saturated heterocycles. The van der Waals surface area contributed by atoms with Crippen LogP contribution >= 0.6 is 0 Å². The van der Waals surface area contributed by atoms with Gasteiger partial charge in [-0.3, -0.25) is 0 Å². The Labute approximate surface area is 128 Å². The van der Waals surface area contributed by atoms with Crippen LogP contribution in [-0.4, -0.2) is 22.7 Å². The molecule has 21 heavy (non-hydrogen) atoms. The van der Waals surface area contributed by atoms with E-state index in [0.717, 1.165) is 42.9 Å². The van der Waals surface area contributed by atoms with Crippen LogP contribution in [0.5, 0.6) is 0 Å². The molecule has 4 heteroatoms. The zero-order valence-electron chi connectivity index (χ0n) is 13.6. The average molecular weight is 291 g/mol. The molecule has 2 saturated carbocycles. The molecule has 1 aromatic heterocycles. The summed E-state index contributed by atoms with van der Waals surface area (Å²) >= 11 is 0. The summed E-state index contributed by atoms with van der Waals surface area (Å²) < 4.78 is 5.64. The van der Waals surface area contributed by atoms with Crippen molar-refractivity contribution < 1.29 is 4.52 Å². The Balaban J connectivity index is 1.68. The fourth-order valence-electron chi connectivity index (χ4n) is 4.37. The molecule has 5 unspecified atom stereocenters. The molecule has 2 aliphatic rings. The number of fused-ring (bicyclic) bond motifs is 2. The predicted molar refractivity (Wildman–Crippen MR) is 83.3 cm³/mol. The van der Waals surface area contributed by atoms with Crippen LogP contribution in [0.15, 0.2) is 4.52 Å². The van der Waals surface area contributed by atoms with E-state index in [1.165, 1.54) is 25.7 Å². The molecule has 1 aromatic rings. The van der Waals surface area contributed by atoms with Gasteiger partial charge in [0.2, 0.25) is 5.89 Å². The lowest BCUT2D eigenvalue weighted by molar-refractivity contribution is 0.309. The smallest absolute Gasteiger partial charge is 0.231 e. The zero-order valence-corrected chi connectivity index (χ0v) is 13.6. The van der Waals surface area contributed by atoms with Crippen molar-refractivity contribution in [1.82, 2.24) is 15.5 Å². The molecule has 0 aliphatic heterocycles. The maximum Gasteiger partial charge on any atom is 0.231 e. The fraction of sp³-hybridized carbons (Fsp3) is 0.882. The van der Waals surface area contributed by atoms with Gasteiger partial charge in [0.25, 0.3) is 0 Å². The van der Waals surface area contributed by atoms with Gasteiger partial charge in [-0.05, 0) is 57.4 Å². The first kappa shape index (κ1) is 15.0. The number of nitrogens with one attached hydrogen (secondary N) is 1. The van der Waals surface area contributed by atoms with Crippen molar-refractivity contribution in [2.75, 3.05) is 6.54 Å². The highest BCUT2D eigenvalue weighted by Gasteiger charge is 2.42. The van der Waals surface area contributed by atoms with Crippen LogP contribution in [0.3, 0.4) is 0 Å². The summed E-state index contributed by atoms with van der Waals surface area (Å²) in [7, 11) is 0. The van der Waals surface area contributed by atoms with Crippen molar-refractivity contribution in [3.63, 3.8) is 0 Å². The van der Waals surface area contributed by atoms with Gasteiger partial charge in [0.1, 0.15) is 0 Å². The summed E-state index contributed by atoms with van der Waals surface area (Å²) in [4.78, 5) is 4.79. The van der Waals surface area contributed by atoms with E-state index >= 15 is 0 Å². The Kier molecular flexibility index (Phi) is 4.63. The van der Waals surface area contributed by atoms with E-state index in [-0.39, 0.29) is 0 Å². The second kappa shape index (κ2) is 6.47. The number of hydrogen-bond acceptors (Lipinski definition) is 4. The van der Waals surface area contributed by atoms with Crippen LogP contribution in [0.4, 0.5) is 0 Å². The summed E-state index contributed by atoms with van der Waals surface area (Å²) in [6, 6.07) is 0.392. The van der Waals surface area contributed by atoms with Crippen molar-refractivity contribution in [2.24, 2.45) is 11.8 Å². The third-order valence-electron chi connectivity index (χ3n) is 5.60. The molecule has 1 N–H and O–H groups in total. The van der Waals surface area contributed by atoms with E-state index < -0.39 is 0 Å². The highest BCUT2D eigenvalue weighted by molar-refractivity contribution is 5.08. The van der Waals surface area contributed by atoms with E-state index in [9.17, 15) is 0 Å². The minimum atomic E-state index is 0.330. The minimum Gasteiger partial charge on any atom is -0.339 e. The quantitative estimate of drug-likeness (QED) is 0.829. The molecular formula is C17H29N3O. The van der Waals surface area contributed by atoms with Crippen LogP contribution in [0.1, 0.15) is 82.8 Å². The Hall–Kier alpha value is -0.900. The molecule has 5 atom stereocenters. The lowest BCUT2D eigenvalue weighted by Crippen LogP contribution is -2.32. The van der Waals surface area contributed by atoms with Crippen molar-refractivity contribution >= 4 is 0 Å². The van der Waals surface area contributed by atoms with Gasteiger partial charge in [-0.25, -0.2) is 0 Å². The lowest BCUT2D eigenvalue weighted by atomic mass is 9.88. The van der Waals surface area contributed by atoms with E-state index in [2.05, 4.69) is 31.2 Å². The molecule has 0 radical (unpaired) electrons. The monoisotopic (exact) mass is 291 g/mol. The summed E-state index contributed by atoms with van der Waals surface area (Å²) in [5, 5.41) is 7.89. The lowest BCUT2D eigenvalue weighted by Gasteiger charge is -2.20. The number of nitrogens with zero attached hydrogens (tertiary/aromatic N) is 2. The molecule has 0 aromatic carbocycles. The maximum absolute atomic E-state index is 5.64. The van der Waals surface area contributed by atoms with Crippen molar-refractivity contribution in [1.29, 1.82) is 0 Å². The molecule has 2 fully saturated rings. The topological polar surface area (TPSA) is 51.0 Å². The van der Waals surface area contributed by atoms with E-state index in [4.69, 9.17) is 9.51 Å². The highest BCUT2D eigenvalue weighted by atomic mass is 16.5. The molecule has 2 aliphatic carbocycles. The normalized spacial score (nSPS) is 30.7. The van der Waals surface area contributed by atoms with Crippen molar-refractivity contribution in [3.05, 3.63) is 11.7 Å². The molecule has 0 amide bonds. The van der Waals surface area contributed by atoms with Crippen LogP contribution in [0.2, 0.25) is 0 Å². The minimum absolute atomic E-state index is 0.330. The van der Waals surface area contributed by atoms with Gasteiger partial charge in [0, 0.05) is 12.0 Å². The van der Waals surface area contributed by atoms with Crippen molar-refractivity contribution in [3.8, 4) is 0 Å². The Morgan fingerprint density at radius 3 is 2.76 bits per heavy atom. The van der Waals surface area contributed by atoms with Gasteiger partial charge in [0.05, 0.1) is 5.92 Å². The second-order valence-electron chi connectivity index (χ2n) is 7.03. The number of aromatic nitrogens is 2. The Bertz CT molecular complexity index is 459. The fourth-order valence-corrected chi connectivity index (χ4v) is 4.37. The standard InChI is InChI=1S/C17H29N3O/c1-4-8-18-11(3)14(5-2)17-19-16(20-21-17)15-10-12-6-7-13(15)9-12/h11-15,18H,4-10H2,1-3H3. The molecule has 1 heterocycles. The van der Waals surface area contributed by atoms with Gasteiger partial charge in [-0.2, -0.15) is 4.98 Å². The Morgan fingerprint density at radius 2 is 2.14 bits per heavy atom. The molecule has 4 nitrogen and oxygen atoms in total. The zero-order chi connectivity index (χ0) is 14.8. The first-order valence-electron chi connectivity index (χ1n) is 8.79. The average Bonchev–Trinajstić information content (AvgIpc) is 3.21. The first-order chi connectivity index (χ1) is 10.2. The van der Waals surface area contributed by atoms with Crippen molar-refractivity contribution in [2.45, 2.75) is 77.2 Å². The van der Waals surface area contributed by atoms with E-state index in [1.54, 1.807) is 0 Å². The molecule has 2 bridgehead atoms. The molecule has 3 rings (SSSR count). The molecular weight excluding hydrogens is 262 g/mol. The third-order valence-corrected chi connectivity index (χ3v) is 5.60. The van der Waals surface area contributed by atoms with Crippen LogP contribution < -0.4 is 5.32 Å². The van der Waals surface area contributed by atoms with E-state index in [0.29, 0.717) is 17.9 Å². The van der Waals surface area contributed by atoms with Crippen LogP contribution in [0.25, 0.3) is 0 Å². The summed E-state index contributed by atoms with van der Waals surface area (Å²) in [5.41, 5.74) is 0. The largest absolute Gasteiger partial charge is 0.339 e. The Morgan fingerprint density at radius 1 is 1.29 bits per heavy atom. The van der Waals surface area contributed by atoms with Gasteiger partial charge < -0.3 is 9.84 Å². The van der Waals surface area contributed by atoms with Crippen LogP contribution in [0, 0.1) is 11.8 Å². The SMILES string of the molecule is CCCNC(C)C(CC)c1nc(C2CC3CCC2C3)no1. The van der Waals surface area contributed by atoms with E-state index in [1.807, 2.05) is 0 Å². The maximum atomic E-state index is 5.64. The number of rotatable bonds is 7. The predicted octanol–water partition coefficient (Wildman–Crippen LogP) is 3.85. The first-order valence-corrected chi connectivity index (χ1v) is 8.79. The third kappa shape index (κ3) is 3.01. The van der Waals surface area contributed by atoms with Gasteiger partial charge in [-0.15, -0.1) is 0 Å². The highest BCUT2D eigenvalue weighted by Crippen LogP contribution is 2.52. The van der Waals surface area contributed by atoms with Gasteiger partial charge in [0.15, 0.2) is 5.82 Å².